The summed E-state index contributed by atoms with van der Waals surface area (Å²) in [7, 11) is 0. The monoisotopic (exact) mass is 406 g/mol. The molecule has 150 valence electrons. The van der Waals surface area contributed by atoms with E-state index in [1.165, 1.54) is 17.7 Å². The summed E-state index contributed by atoms with van der Waals surface area (Å²) in [4.78, 5) is 16.8. The molecule has 28 heavy (non-hydrogen) atoms. The first-order valence-corrected chi connectivity index (χ1v) is 10.4. The van der Waals surface area contributed by atoms with E-state index in [0.717, 1.165) is 36.8 Å². The van der Waals surface area contributed by atoms with Crippen LogP contribution in [0.4, 0.5) is 10.1 Å². The Kier molecular flexibility index (Phi) is 5.36. The number of aromatic hydroxyl groups is 1. The minimum atomic E-state index is -1.87. The number of likely N-dealkylation sites (tertiary alicyclic amines) is 1. The van der Waals surface area contributed by atoms with Gasteiger partial charge in [0.1, 0.15) is 18.0 Å². The lowest BCUT2D eigenvalue weighted by atomic mass is 9.91. The minimum absolute atomic E-state index is 0.196. The second-order valence-electron chi connectivity index (χ2n) is 7.42. The molecule has 9 heteroatoms. The number of phenolic OH excluding ortho intramolecular Hbond substituents is 1. The number of hydrogen-bond acceptors (Lipinski definition) is 4. The summed E-state index contributed by atoms with van der Waals surface area (Å²) in [5.74, 6) is -1.05. The number of amides is 1. The Morgan fingerprint density at radius 3 is 2.86 bits per heavy atom. The Hall–Kier alpha value is -2.39. The lowest BCUT2D eigenvalue weighted by Gasteiger charge is -2.32. The molecule has 4 rings (SSSR count). The predicted molar refractivity (Wildman–Crippen MR) is 104 cm³/mol. The summed E-state index contributed by atoms with van der Waals surface area (Å²) < 4.78 is 29.8. The van der Waals surface area contributed by atoms with Gasteiger partial charge in [-0.1, -0.05) is 0 Å². The van der Waals surface area contributed by atoms with E-state index in [1.54, 1.807) is 0 Å². The van der Waals surface area contributed by atoms with Crippen LogP contribution in [-0.4, -0.2) is 44.7 Å². The maximum absolute atomic E-state index is 14.7. The number of anilines is 1. The van der Waals surface area contributed by atoms with Gasteiger partial charge in [-0.15, -0.1) is 0 Å². The molecule has 1 amide bonds. The zero-order valence-corrected chi connectivity index (χ0v) is 16.2. The molecule has 3 N–H and O–H groups in total. The first kappa shape index (κ1) is 18.9. The molecular formula is C19H23FN4O3S. The fourth-order valence-corrected chi connectivity index (χ4v) is 5.00. The number of benzene rings is 1. The van der Waals surface area contributed by atoms with Gasteiger partial charge in [0, 0.05) is 25.5 Å². The van der Waals surface area contributed by atoms with Crippen molar-refractivity contribution >= 4 is 22.8 Å². The maximum Gasteiger partial charge on any atom is 0.253 e. The van der Waals surface area contributed by atoms with Crippen molar-refractivity contribution in [1.82, 2.24) is 14.6 Å². The number of halogens is 1. The second kappa shape index (κ2) is 7.92. The van der Waals surface area contributed by atoms with Gasteiger partial charge in [0.15, 0.2) is 5.82 Å². The number of aromatic amines is 1. The van der Waals surface area contributed by atoms with Gasteiger partial charge >= 0.3 is 0 Å². The highest BCUT2D eigenvalue weighted by Gasteiger charge is 2.31. The van der Waals surface area contributed by atoms with E-state index in [4.69, 9.17) is 0 Å². The lowest BCUT2D eigenvalue weighted by molar-refractivity contribution is -0.117. The molecule has 7 nitrogen and oxygen atoms in total. The molecule has 1 aromatic carbocycles. The third-order valence-corrected chi connectivity index (χ3v) is 6.35. The number of rotatable bonds is 5. The van der Waals surface area contributed by atoms with Gasteiger partial charge in [-0.25, -0.2) is 8.60 Å². The summed E-state index contributed by atoms with van der Waals surface area (Å²) in [6.07, 6.45) is 6.72. The molecule has 0 bridgehead atoms. The van der Waals surface area contributed by atoms with Crippen LogP contribution in [0.1, 0.15) is 24.0 Å². The Morgan fingerprint density at radius 2 is 2.18 bits per heavy atom. The van der Waals surface area contributed by atoms with E-state index in [2.05, 4.69) is 20.7 Å². The number of phenols is 1. The first-order chi connectivity index (χ1) is 13.5. The minimum Gasteiger partial charge on any atom is -0.506 e. The van der Waals surface area contributed by atoms with Crippen molar-refractivity contribution in [3.8, 4) is 5.75 Å². The van der Waals surface area contributed by atoms with Crippen LogP contribution >= 0.6 is 0 Å². The van der Waals surface area contributed by atoms with Crippen LogP contribution in [0.2, 0.25) is 0 Å². The third kappa shape index (κ3) is 4.05. The highest BCUT2D eigenvalue weighted by Crippen LogP contribution is 2.35. The van der Waals surface area contributed by atoms with E-state index < -0.39 is 22.9 Å². The van der Waals surface area contributed by atoms with Crippen LogP contribution in [0.15, 0.2) is 30.6 Å². The number of carbonyl (C=O) groups excluding carboxylic acids is 1. The molecule has 0 aliphatic carbocycles. The Bertz CT molecular complexity index is 866. The number of hydrogen-bond donors (Lipinski definition) is 3. The number of nitrogens with zero attached hydrogens (tertiary/aromatic N) is 2. The topological polar surface area (TPSA) is 88.7 Å². The predicted octanol–water partition coefficient (Wildman–Crippen LogP) is 1.83. The Labute approximate surface area is 165 Å². The highest BCUT2D eigenvalue weighted by molar-refractivity contribution is 7.85. The van der Waals surface area contributed by atoms with Crippen LogP contribution in [0.5, 0.6) is 5.75 Å². The molecule has 2 aromatic rings. The van der Waals surface area contributed by atoms with Crippen molar-refractivity contribution in [2.24, 2.45) is 5.92 Å². The molecule has 2 atom stereocenters. The largest absolute Gasteiger partial charge is 0.506 e. The lowest BCUT2D eigenvalue weighted by Crippen LogP contribution is -2.35. The zero-order valence-electron chi connectivity index (χ0n) is 15.4. The van der Waals surface area contributed by atoms with Gasteiger partial charge in [0.25, 0.3) is 5.91 Å². The number of aromatic nitrogens is 1. The van der Waals surface area contributed by atoms with Crippen molar-refractivity contribution in [3.05, 3.63) is 47.5 Å². The van der Waals surface area contributed by atoms with Crippen LogP contribution in [0.25, 0.3) is 0 Å². The molecule has 0 saturated carbocycles. The van der Waals surface area contributed by atoms with E-state index in [-0.39, 0.29) is 18.0 Å². The van der Waals surface area contributed by atoms with Gasteiger partial charge in [-0.3, -0.25) is 18.7 Å². The van der Waals surface area contributed by atoms with Crippen molar-refractivity contribution in [2.75, 3.05) is 23.9 Å². The molecule has 0 spiro atoms. The second-order valence-corrected chi connectivity index (χ2v) is 8.57. The van der Waals surface area contributed by atoms with Gasteiger partial charge in [0.05, 0.1) is 0 Å². The molecule has 1 aromatic heterocycles. The molecule has 2 saturated heterocycles. The van der Waals surface area contributed by atoms with Gasteiger partial charge in [-0.05, 0) is 61.1 Å². The van der Waals surface area contributed by atoms with Crippen LogP contribution < -0.4 is 9.03 Å². The summed E-state index contributed by atoms with van der Waals surface area (Å²) in [6, 6.07) is 4.96. The van der Waals surface area contributed by atoms with Gasteiger partial charge in [-0.2, -0.15) is 0 Å². The van der Waals surface area contributed by atoms with Gasteiger partial charge < -0.3 is 10.1 Å². The number of H-pyrrole nitrogens is 1. The maximum atomic E-state index is 14.7. The van der Waals surface area contributed by atoms with E-state index in [1.807, 2.05) is 12.4 Å². The fraction of sp³-hybridized carbons (Fsp3) is 0.421. The third-order valence-electron chi connectivity index (χ3n) is 5.24. The van der Waals surface area contributed by atoms with E-state index in [9.17, 15) is 18.5 Å². The van der Waals surface area contributed by atoms with E-state index >= 15 is 0 Å². The number of carbonyl (C=O) groups is 1. The van der Waals surface area contributed by atoms with Crippen LogP contribution in [-0.2, 0) is 28.9 Å². The molecule has 2 aliphatic heterocycles. The van der Waals surface area contributed by atoms with Crippen molar-refractivity contribution in [1.29, 1.82) is 0 Å². The van der Waals surface area contributed by atoms with Gasteiger partial charge in [0.2, 0.25) is 11.2 Å². The van der Waals surface area contributed by atoms with Crippen LogP contribution in [0, 0.1) is 11.7 Å². The quantitative estimate of drug-likeness (QED) is 0.707. The Balaban J connectivity index is 1.45. The smallest absolute Gasteiger partial charge is 0.253 e. The summed E-state index contributed by atoms with van der Waals surface area (Å²) >= 11 is -1.87. The average molecular weight is 406 g/mol. The first-order valence-electron chi connectivity index (χ1n) is 9.34. The fourth-order valence-electron chi connectivity index (χ4n) is 4.05. The number of piperidine rings is 1. The SMILES string of the molecule is O=C1CN(c2c(O)cc(CC3CCCN(Cc4cc[nH]c4)C3)cc2F)S(=O)N1. The molecular weight excluding hydrogens is 383 g/mol. The molecule has 2 unspecified atom stereocenters. The van der Waals surface area contributed by atoms with E-state index in [0.29, 0.717) is 17.9 Å². The van der Waals surface area contributed by atoms with Crippen LogP contribution in [0.3, 0.4) is 0 Å². The summed E-state index contributed by atoms with van der Waals surface area (Å²) in [5, 5.41) is 10.3. The highest BCUT2D eigenvalue weighted by atomic mass is 32.2. The number of nitrogens with one attached hydrogen (secondary N) is 2. The van der Waals surface area contributed by atoms with Crippen molar-refractivity contribution in [2.45, 2.75) is 25.8 Å². The normalized spacial score (nSPS) is 23.2. The standard InChI is InChI=1S/C19H23FN4O3S/c20-16-7-15(8-17(25)19(16)24-12-18(26)22-28(24)27)6-13-2-1-5-23(10-13)11-14-3-4-21-9-14/h3-4,7-9,13,21,25H,1-2,5-6,10-12H2,(H,22,26). The molecule has 3 heterocycles. The zero-order chi connectivity index (χ0) is 19.7. The molecule has 2 fully saturated rings. The molecule has 2 aliphatic rings. The van der Waals surface area contributed by atoms with Crippen molar-refractivity contribution < 1.29 is 18.5 Å². The van der Waals surface area contributed by atoms with Crippen molar-refractivity contribution in [3.63, 3.8) is 0 Å². The molecule has 0 radical (unpaired) electrons. The Morgan fingerprint density at radius 1 is 1.32 bits per heavy atom. The summed E-state index contributed by atoms with van der Waals surface area (Å²) in [5.41, 5.74) is 1.75. The summed E-state index contributed by atoms with van der Waals surface area (Å²) in [6.45, 7) is 2.61. The average Bonchev–Trinajstić information content (AvgIpc) is 3.24.